The molecule has 0 aliphatic carbocycles. The number of thioether (sulfide) groups is 1. The van der Waals surface area contributed by atoms with Crippen LogP contribution < -0.4 is 5.32 Å². The fraction of sp³-hybridized carbons (Fsp3) is 0.542. The Morgan fingerprint density at radius 1 is 1.03 bits per heavy atom. The van der Waals surface area contributed by atoms with Crippen molar-refractivity contribution < 1.29 is 14.4 Å². The molecule has 0 aliphatic rings. The number of benzene rings is 1. The molecule has 1 aromatic carbocycles. The Labute approximate surface area is 195 Å². The van der Waals surface area contributed by atoms with E-state index in [1.165, 1.54) is 12.5 Å². The maximum absolute atomic E-state index is 12.7. The first-order valence-electron chi connectivity index (χ1n) is 10.8. The lowest BCUT2D eigenvalue weighted by atomic mass is 9.97. The van der Waals surface area contributed by atoms with Crippen molar-refractivity contribution in [2.45, 2.75) is 58.9 Å². The third-order valence-electron chi connectivity index (χ3n) is 4.94. The predicted octanol–water partition coefficient (Wildman–Crippen LogP) is 3.66. The number of Topliss-reactive ketones (excluding diaryl/α,β-unsaturated/α-hetero) is 1. The normalized spacial score (nSPS) is 12.7. The summed E-state index contributed by atoms with van der Waals surface area (Å²) in [7, 11) is 3.41. The molecule has 2 atom stereocenters. The first-order valence-corrected chi connectivity index (χ1v) is 11.8. The Bertz CT molecular complexity index is 834. The Morgan fingerprint density at radius 3 is 2.12 bits per heavy atom. The molecule has 0 bridgehead atoms. The Hall–Kier alpha value is -2.48. The molecule has 32 heavy (non-hydrogen) atoms. The predicted molar refractivity (Wildman–Crippen MR) is 132 cm³/mol. The smallest absolute Gasteiger partial charge is 0.217 e. The molecule has 176 valence electrons. The van der Waals surface area contributed by atoms with E-state index in [9.17, 15) is 14.4 Å². The number of ketones is 1. The fourth-order valence-electron chi connectivity index (χ4n) is 3.06. The molecule has 7 nitrogen and oxygen atoms in total. The minimum atomic E-state index is -0.851. The van der Waals surface area contributed by atoms with Gasteiger partial charge < -0.3 is 15.6 Å². The van der Waals surface area contributed by atoms with Crippen molar-refractivity contribution in [2.24, 2.45) is 5.92 Å². The Kier molecular flexibility index (Phi) is 11.3. The molecule has 0 fully saturated rings. The molecule has 1 rings (SSSR count). The summed E-state index contributed by atoms with van der Waals surface area (Å²) in [5.41, 5.74) is 2.26. The van der Waals surface area contributed by atoms with Gasteiger partial charge in [-0.3, -0.25) is 19.8 Å². The molecular weight excluding hydrogens is 424 g/mol. The molecular formula is C24H36N4O3S. The molecule has 0 aromatic heterocycles. The highest BCUT2D eigenvalue weighted by Gasteiger charge is 2.24. The number of amides is 1. The van der Waals surface area contributed by atoms with Crippen molar-refractivity contribution in [3.63, 3.8) is 0 Å². The summed E-state index contributed by atoms with van der Waals surface area (Å²) in [5.74, 6) is -0.114. The topological polar surface area (TPSA) is 114 Å². The highest BCUT2D eigenvalue weighted by molar-refractivity contribution is 8.13. The Morgan fingerprint density at radius 2 is 1.62 bits per heavy atom. The first kappa shape index (κ1) is 27.6. The van der Waals surface area contributed by atoms with Gasteiger partial charge in [0.1, 0.15) is 5.84 Å². The zero-order valence-corrected chi connectivity index (χ0v) is 20.8. The van der Waals surface area contributed by atoms with Gasteiger partial charge in [-0.2, -0.15) is 0 Å². The van der Waals surface area contributed by atoms with Crippen LogP contribution in [0.3, 0.4) is 0 Å². The molecule has 3 N–H and O–H groups in total. The van der Waals surface area contributed by atoms with Crippen molar-refractivity contribution in [3.8, 4) is 0 Å². The minimum absolute atomic E-state index is 0.0709. The van der Waals surface area contributed by atoms with Gasteiger partial charge >= 0.3 is 0 Å². The third kappa shape index (κ3) is 9.77. The van der Waals surface area contributed by atoms with Gasteiger partial charge in [0.05, 0.1) is 12.0 Å². The number of nitrogens with one attached hydrogen (secondary N) is 3. The van der Waals surface area contributed by atoms with Gasteiger partial charge in [0, 0.05) is 45.3 Å². The van der Waals surface area contributed by atoms with Gasteiger partial charge in [0.2, 0.25) is 5.91 Å². The van der Waals surface area contributed by atoms with Crippen LogP contribution in [0.15, 0.2) is 24.3 Å². The van der Waals surface area contributed by atoms with Crippen molar-refractivity contribution in [2.75, 3.05) is 19.8 Å². The summed E-state index contributed by atoms with van der Waals surface area (Å²) in [5, 5.41) is 18.3. The second-order valence-corrected chi connectivity index (χ2v) is 9.73. The molecule has 0 spiro atoms. The van der Waals surface area contributed by atoms with Crippen molar-refractivity contribution >= 4 is 40.1 Å². The summed E-state index contributed by atoms with van der Waals surface area (Å²) in [6.07, 6.45) is 0.894. The van der Waals surface area contributed by atoms with E-state index in [1.807, 2.05) is 31.2 Å². The number of rotatable bonds is 12. The lowest BCUT2D eigenvalue weighted by Gasteiger charge is -2.19. The van der Waals surface area contributed by atoms with Crippen LogP contribution in [-0.2, 0) is 20.8 Å². The van der Waals surface area contributed by atoms with Crippen LogP contribution in [0.1, 0.15) is 57.6 Å². The van der Waals surface area contributed by atoms with Crippen LogP contribution in [-0.4, -0.2) is 59.1 Å². The number of amidine groups is 1. The molecule has 0 saturated heterocycles. The number of nitrogens with zero attached hydrogens (tertiary/aromatic N) is 1. The molecule has 0 radical (unpaired) electrons. The van der Waals surface area contributed by atoms with E-state index >= 15 is 0 Å². The largest absolute Gasteiger partial charge is 0.366 e. The van der Waals surface area contributed by atoms with Crippen LogP contribution in [0, 0.1) is 16.7 Å². The summed E-state index contributed by atoms with van der Waals surface area (Å²) in [4.78, 5) is 38.5. The lowest BCUT2D eigenvalue weighted by Crippen LogP contribution is -2.42. The average molecular weight is 461 g/mol. The molecule has 0 aliphatic heterocycles. The van der Waals surface area contributed by atoms with Crippen LogP contribution >= 0.6 is 11.8 Å². The molecule has 1 aromatic rings. The minimum Gasteiger partial charge on any atom is -0.366 e. The zero-order valence-electron chi connectivity index (χ0n) is 20.0. The van der Waals surface area contributed by atoms with Crippen LogP contribution in [0.4, 0.5) is 0 Å². The van der Waals surface area contributed by atoms with E-state index in [-0.39, 0.29) is 52.9 Å². The second kappa shape index (κ2) is 13.2. The summed E-state index contributed by atoms with van der Waals surface area (Å²) >= 11 is 1.02. The first-order chi connectivity index (χ1) is 14.9. The van der Waals surface area contributed by atoms with E-state index in [1.54, 1.807) is 19.0 Å². The summed E-state index contributed by atoms with van der Waals surface area (Å²) in [6, 6.07) is 7.18. The molecule has 0 saturated carbocycles. The van der Waals surface area contributed by atoms with Gasteiger partial charge in [-0.1, -0.05) is 56.8 Å². The average Bonchev–Trinajstić information content (AvgIpc) is 2.69. The zero-order chi connectivity index (χ0) is 24.4. The quantitative estimate of drug-likeness (QED) is 0.325. The standard InChI is InChI=1S/C24H36N4O3S/c1-15(2)11-18-7-9-19(10-8-18)16(3)24(31)32-14-21(27-17(4)29)22(30)12-20(25)13-23(26)28(5)6/h7-10,15-16,21,25-26H,11-14H2,1-6H3,(H,27,29)/t16-,21+/m0/s1. The molecule has 0 unspecified atom stereocenters. The van der Waals surface area contributed by atoms with Crippen LogP contribution in [0.25, 0.3) is 0 Å². The fourth-order valence-corrected chi connectivity index (χ4v) is 4.04. The number of carbonyl (C=O) groups is 3. The van der Waals surface area contributed by atoms with Crippen LogP contribution in [0.5, 0.6) is 0 Å². The number of hydrogen-bond donors (Lipinski definition) is 3. The van der Waals surface area contributed by atoms with Gasteiger partial charge in [-0.25, -0.2) is 0 Å². The summed E-state index contributed by atoms with van der Waals surface area (Å²) < 4.78 is 0. The molecule has 1 amide bonds. The highest BCUT2D eigenvalue weighted by Crippen LogP contribution is 2.24. The van der Waals surface area contributed by atoms with Crippen LogP contribution in [0.2, 0.25) is 0 Å². The number of hydrogen-bond acceptors (Lipinski definition) is 6. The monoisotopic (exact) mass is 460 g/mol. The van der Waals surface area contributed by atoms with Gasteiger partial charge in [-0.15, -0.1) is 0 Å². The lowest BCUT2D eigenvalue weighted by molar-refractivity contribution is -0.125. The molecule has 0 heterocycles. The third-order valence-corrected chi connectivity index (χ3v) is 6.08. The van der Waals surface area contributed by atoms with Crippen molar-refractivity contribution in [1.82, 2.24) is 10.2 Å². The SMILES string of the molecule is CC(=O)N[C@H](CSC(=O)[C@@H](C)c1ccc(CC(C)C)cc1)C(=O)CC(=N)CC(=N)N(C)C. The number of carbonyl (C=O) groups excluding carboxylic acids is 3. The summed E-state index contributed by atoms with van der Waals surface area (Å²) in [6.45, 7) is 7.49. The maximum atomic E-state index is 12.7. The van der Waals surface area contributed by atoms with Gasteiger partial charge in [-0.05, 0) is 23.5 Å². The maximum Gasteiger partial charge on any atom is 0.217 e. The van der Waals surface area contributed by atoms with E-state index in [0.29, 0.717) is 5.92 Å². The van der Waals surface area contributed by atoms with E-state index < -0.39 is 6.04 Å². The van der Waals surface area contributed by atoms with E-state index in [2.05, 4.69) is 19.2 Å². The molecule has 8 heteroatoms. The Balaban J connectivity index is 2.71. The van der Waals surface area contributed by atoms with Crippen molar-refractivity contribution in [1.29, 1.82) is 10.8 Å². The highest BCUT2D eigenvalue weighted by atomic mass is 32.2. The van der Waals surface area contributed by atoms with Gasteiger partial charge in [0.25, 0.3) is 0 Å². The van der Waals surface area contributed by atoms with E-state index in [0.717, 1.165) is 23.7 Å². The van der Waals surface area contributed by atoms with E-state index in [4.69, 9.17) is 10.8 Å². The van der Waals surface area contributed by atoms with Gasteiger partial charge in [0.15, 0.2) is 10.9 Å². The van der Waals surface area contributed by atoms with Crippen molar-refractivity contribution in [3.05, 3.63) is 35.4 Å². The second-order valence-electron chi connectivity index (χ2n) is 8.71.